The second-order valence-electron chi connectivity index (χ2n) is 4.85. The Kier molecular flexibility index (Phi) is 4.27. The Morgan fingerprint density at radius 3 is 2.63 bits per heavy atom. The van der Waals surface area contributed by atoms with Crippen LogP contribution in [0, 0.1) is 0 Å². The van der Waals surface area contributed by atoms with Crippen LogP contribution in [0.25, 0.3) is 0 Å². The lowest BCUT2D eigenvalue weighted by atomic mass is 10.0. The normalized spacial score (nSPS) is 17.3. The lowest BCUT2D eigenvalue weighted by Crippen LogP contribution is -2.35. The predicted octanol–water partition coefficient (Wildman–Crippen LogP) is 2.06. The Morgan fingerprint density at radius 2 is 2.11 bits per heavy atom. The quantitative estimate of drug-likeness (QED) is 0.759. The number of hydrogen-bond acceptors (Lipinski definition) is 4. The summed E-state index contributed by atoms with van der Waals surface area (Å²) in [6, 6.07) is 4.14. The van der Waals surface area contributed by atoms with Crippen LogP contribution in [-0.4, -0.2) is 29.3 Å². The van der Waals surface area contributed by atoms with Gasteiger partial charge in [0.15, 0.2) is 11.5 Å². The summed E-state index contributed by atoms with van der Waals surface area (Å²) >= 11 is 0. The van der Waals surface area contributed by atoms with Gasteiger partial charge in [0.05, 0.1) is 7.11 Å². The van der Waals surface area contributed by atoms with Gasteiger partial charge in [-0.1, -0.05) is 18.9 Å². The monoisotopic (exact) mass is 265 g/mol. The van der Waals surface area contributed by atoms with Crippen molar-refractivity contribution in [2.75, 3.05) is 7.11 Å². The van der Waals surface area contributed by atoms with E-state index in [4.69, 9.17) is 4.74 Å². The first-order chi connectivity index (χ1) is 9.11. The van der Waals surface area contributed by atoms with Crippen molar-refractivity contribution in [2.45, 2.75) is 37.8 Å². The first kappa shape index (κ1) is 13.7. The van der Waals surface area contributed by atoms with Crippen LogP contribution in [0.15, 0.2) is 18.2 Å². The summed E-state index contributed by atoms with van der Waals surface area (Å²) in [5, 5.41) is 22.2. The molecular weight excluding hydrogens is 246 g/mol. The highest BCUT2D eigenvalue weighted by atomic mass is 16.5. The van der Waals surface area contributed by atoms with E-state index in [0.717, 1.165) is 25.7 Å². The highest BCUT2D eigenvalue weighted by Gasteiger charge is 2.25. The molecule has 1 saturated carbocycles. The molecule has 0 bridgehead atoms. The van der Waals surface area contributed by atoms with Crippen LogP contribution in [0.2, 0.25) is 0 Å². The average molecular weight is 265 g/mol. The van der Waals surface area contributed by atoms with E-state index in [0.29, 0.717) is 11.3 Å². The SMILES string of the molecule is COc1ccc(C(NC2CCCC2)C(=O)O)cc1O. The number of carbonyl (C=O) groups is 1. The third kappa shape index (κ3) is 3.17. The van der Waals surface area contributed by atoms with Gasteiger partial charge in [0.2, 0.25) is 0 Å². The van der Waals surface area contributed by atoms with Crippen molar-refractivity contribution < 1.29 is 19.7 Å². The van der Waals surface area contributed by atoms with Crippen molar-refractivity contribution in [3.05, 3.63) is 23.8 Å². The van der Waals surface area contributed by atoms with Crippen molar-refractivity contribution >= 4 is 5.97 Å². The van der Waals surface area contributed by atoms with Crippen LogP contribution in [-0.2, 0) is 4.79 Å². The number of benzene rings is 1. The maximum atomic E-state index is 11.4. The number of ether oxygens (including phenoxy) is 1. The molecule has 3 N–H and O–H groups in total. The summed E-state index contributed by atoms with van der Waals surface area (Å²) in [6.07, 6.45) is 4.29. The fourth-order valence-corrected chi connectivity index (χ4v) is 2.52. The fourth-order valence-electron chi connectivity index (χ4n) is 2.52. The number of rotatable bonds is 5. The van der Waals surface area contributed by atoms with Crippen molar-refractivity contribution in [3.63, 3.8) is 0 Å². The molecule has 5 heteroatoms. The van der Waals surface area contributed by atoms with Gasteiger partial charge in [0, 0.05) is 6.04 Å². The molecule has 1 atom stereocenters. The molecule has 1 fully saturated rings. The van der Waals surface area contributed by atoms with Gasteiger partial charge < -0.3 is 14.9 Å². The molecule has 0 saturated heterocycles. The number of carboxylic acid groups (broad SMARTS) is 1. The number of aliphatic carboxylic acids is 1. The second-order valence-corrected chi connectivity index (χ2v) is 4.85. The Morgan fingerprint density at radius 1 is 1.42 bits per heavy atom. The van der Waals surface area contributed by atoms with E-state index in [2.05, 4.69) is 5.32 Å². The topological polar surface area (TPSA) is 78.8 Å². The molecule has 0 spiro atoms. The van der Waals surface area contributed by atoms with E-state index >= 15 is 0 Å². The second kappa shape index (κ2) is 5.93. The van der Waals surface area contributed by atoms with Gasteiger partial charge in [0.25, 0.3) is 0 Å². The van der Waals surface area contributed by atoms with Gasteiger partial charge in [-0.25, -0.2) is 0 Å². The molecule has 1 aromatic rings. The van der Waals surface area contributed by atoms with E-state index in [1.807, 2.05) is 0 Å². The molecular formula is C14H19NO4. The van der Waals surface area contributed by atoms with Crippen LogP contribution in [0.4, 0.5) is 0 Å². The lowest BCUT2D eigenvalue weighted by Gasteiger charge is -2.20. The first-order valence-electron chi connectivity index (χ1n) is 6.47. The highest BCUT2D eigenvalue weighted by Crippen LogP contribution is 2.30. The van der Waals surface area contributed by atoms with Crippen LogP contribution < -0.4 is 10.1 Å². The fraction of sp³-hybridized carbons (Fsp3) is 0.500. The zero-order valence-electron chi connectivity index (χ0n) is 10.9. The molecule has 1 unspecified atom stereocenters. The smallest absolute Gasteiger partial charge is 0.325 e. The molecule has 0 aromatic heterocycles. The maximum Gasteiger partial charge on any atom is 0.325 e. The average Bonchev–Trinajstić information content (AvgIpc) is 2.88. The van der Waals surface area contributed by atoms with Crippen LogP contribution in [0.3, 0.4) is 0 Å². The molecule has 5 nitrogen and oxygen atoms in total. The van der Waals surface area contributed by atoms with Gasteiger partial charge in [-0.2, -0.15) is 0 Å². The number of aromatic hydroxyl groups is 1. The van der Waals surface area contributed by atoms with Crippen molar-refractivity contribution in [2.24, 2.45) is 0 Å². The lowest BCUT2D eigenvalue weighted by molar-refractivity contribution is -0.139. The number of nitrogens with one attached hydrogen (secondary N) is 1. The minimum Gasteiger partial charge on any atom is -0.504 e. The molecule has 104 valence electrons. The molecule has 19 heavy (non-hydrogen) atoms. The van der Waals surface area contributed by atoms with Gasteiger partial charge in [0.1, 0.15) is 6.04 Å². The number of phenolic OH excluding ortho intramolecular Hbond substituents is 1. The Balaban J connectivity index is 2.18. The van der Waals surface area contributed by atoms with E-state index < -0.39 is 12.0 Å². The van der Waals surface area contributed by atoms with E-state index in [-0.39, 0.29) is 11.8 Å². The number of phenols is 1. The molecule has 0 amide bonds. The van der Waals surface area contributed by atoms with Crippen LogP contribution in [0.5, 0.6) is 11.5 Å². The molecule has 1 aliphatic carbocycles. The third-order valence-corrected chi connectivity index (χ3v) is 3.54. The van der Waals surface area contributed by atoms with Crippen LogP contribution >= 0.6 is 0 Å². The third-order valence-electron chi connectivity index (χ3n) is 3.54. The number of hydrogen-bond donors (Lipinski definition) is 3. The van der Waals surface area contributed by atoms with Crippen molar-refractivity contribution in [1.29, 1.82) is 0 Å². The van der Waals surface area contributed by atoms with Gasteiger partial charge in [-0.15, -0.1) is 0 Å². The molecule has 0 radical (unpaired) electrons. The largest absolute Gasteiger partial charge is 0.504 e. The highest BCUT2D eigenvalue weighted by molar-refractivity contribution is 5.76. The standard InChI is InChI=1S/C14H19NO4/c1-19-12-7-6-9(8-11(12)16)13(14(17)18)15-10-4-2-3-5-10/h6-8,10,13,15-16H,2-5H2,1H3,(H,17,18). The molecule has 2 rings (SSSR count). The van der Waals surface area contributed by atoms with Gasteiger partial charge in [-0.05, 0) is 30.5 Å². The minimum absolute atomic E-state index is 0.0422. The van der Waals surface area contributed by atoms with Crippen LogP contribution in [0.1, 0.15) is 37.3 Å². The first-order valence-corrected chi connectivity index (χ1v) is 6.47. The maximum absolute atomic E-state index is 11.4. The number of methoxy groups -OCH3 is 1. The van der Waals surface area contributed by atoms with Crippen molar-refractivity contribution in [1.82, 2.24) is 5.32 Å². The molecule has 1 aliphatic rings. The Bertz CT molecular complexity index is 455. The summed E-state index contributed by atoms with van der Waals surface area (Å²) in [4.78, 5) is 11.4. The summed E-state index contributed by atoms with van der Waals surface area (Å²) in [6.45, 7) is 0. The molecule has 0 aliphatic heterocycles. The van der Waals surface area contributed by atoms with E-state index in [9.17, 15) is 15.0 Å². The number of carboxylic acids is 1. The van der Waals surface area contributed by atoms with Gasteiger partial charge in [-0.3, -0.25) is 10.1 Å². The molecule has 0 heterocycles. The van der Waals surface area contributed by atoms with Gasteiger partial charge >= 0.3 is 5.97 Å². The Labute approximate surface area is 112 Å². The summed E-state index contributed by atoms with van der Waals surface area (Å²) in [7, 11) is 1.46. The predicted molar refractivity (Wildman–Crippen MR) is 70.4 cm³/mol. The zero-order valence-corrected chi connectivity index (χ0v) is 10.9. The van der Waals surface area contributed by atoms with Crippen molar-refractivity contribution in [3.8, 4) is 11.5 Å². The summed E-state index contributed by atoms with van der Waals surface area (Å²) < 4.78 is 4.96. The summed E-state index contributed by atoms with van der Waals surface area (Å²) in [5.41, 5.74) is 0.540. The zero-order chi connectivity index (χ0) is 13.8. The minimum atomic E-state index is -0.934. The van der Waals surface area contributed by atoms with E-state index in [1.165, 1.54) is 13.2 Å². The van der Waals surface area contributed by atoms with E-state index in [1.54, 1.807) is 12.1 Å². The Hall–Kier alpha value is -1.75. The molecule has 1 aromatic carbocycles. The summed E-state index contributed by atoms with van der Waals surface area (Å²) in [5.74, 6) is -0.635.